The number of hydrogen-bond donors (Lipinski definition) is 1. The summed E-state index contributed by atoms with van der Waals surface area (Å²) in [5.74, 6) is -1.81. The SMILES string of the molecule is O=C(Cc1ccccc1)NCCc1ccc(F)c(F)c1. The largest absolute Gasteiger partial charge is 0.355 e. The summed E-state index contributed by atoms with van der Waals surface area (Å²) in [7, 11) is 0. The van der Waals surface area contributed by atoms with E-state index >= 15 is 0 Å². The zero-order valence-corrected chi connectivity index (χ0v) is 10.9. The highest BCUT2D eigenvalue weighted by Crippen LogP contribution is 2.08. The normalized spacial score (nSPS) is 10.3. The lowest BCUT2D eigenvalue weighted by molar-refractivity contribution is -0.120. The number of carbonyl (C=O) groups is 1. The zero-order valence-electron chi connectivity index (χ0n) is 10.9. The maximum absolute atomic E-state index is 13.0. The minimum Gasteiger partial charge on any atom is -0.355 e. The first kappa shape index (κ1) is 14.2. The Morgan fingerprint density at radius 2 is 1.70 bits per heavy atom. The molecule has 0 aliphatic carbocycles. The Balaban J connectivity index is 1.78. The van der Waals surface area contributed by atoms with Crippen LogP contribution in [0.2, 0.25) is 0 Å². The van der Waals surface area contributed by atoms with Gasteiger partial charge in [-0.1, -0.05) is 36.4 Å². The molecule has 2 aromatic carbocycles. The molecule has 0 unspecified atom stereocenters. The molecular formula is C16H15F2NO. The Kier molecular flexibility index (Phi) is 4.82. The Hall–Kier alpha value is -2.23. The van der Waals surface area contributed by atoms with Crippen molar-refractivity contribution < 1.29 is 13.6 Å². The van der Waals surface area contributed by atoms with E-state index in [0.717, 1.165) is 17.7 Å². The van der Waals surface area contributed by atoms with Gasteiger partial charge >= 0.3 is 0 Å². The highest BCUT2D eigenvalue weighted by Gasteiger charge is 2.04. The maximum atomic E-state index is 13.0. The number of nitrogens with one attached hydrogen (secondary N) is 1. The van der Waals surface area contributed by atoms with Gasteiger partial charge in [-0.25, -0.2) is 8.78 Å². The van der Waals surface area contributed by atoms with E-state index in [1.807, 2.05) is 30.3 Å². The molecule has 0 aliphatic heterocycles. The minimum atomic E-state index is -0.863. The van der Waals surface area contributed by atoms with Crippen molar-refractivity contribution in [3.63, 3.8) is 0 Å². The van der Waals surface area contributed by atoms with Crippen LogP contribution in [-0.4, -0.2) is 12.5 Å². The van der Waals surface area contributed by atoms with E-state index < -0.39 is 11.6 Å². The summed E-state index contributed by atoms with van der Waals surface area (Å²) < 4.78 is 25.7. The second kappa shape index (κ2) is 6.80. The molecule has 2 nitrogen and oxygen atoms in total. The first-order chi connectivity index (χ1) is 9.65. The third kappa shape index (κ3) is 4.16. The van der Waals surface area contributed by atoms with Crippen molar-refractivity contribution in [2.75, 3.05) is 6.54 Å². The molecule has 0 fully saturated rings. The molecule has 2 aromatic rings. The molecule has 0 spiro atoms. The number of benzene rings is 2. The molecule has 4 heteroatoms. The predicted molar refractivity (Wildman–Crippen MR) is 73.2 cm³/mol. The van der Waals surface area contributed by atoms with E-state index in [1.165, 1.54) is 6.07 Å². The fraction of sp³-hybridized carbons (Fsp3) is 0.188. The molecule has 0 atom stereocenters. The van der Waals surface area contributed by atoms with Crippen LogP contribution in [0.15, 0.2) is 48.5 Å². The van der Waals surface area contributed by atoms with Crippen LogP contribution in [0.5, 0.6) is 0 Å². The lowest BCUT2D eigenvalue weighted by Crippen LogP contribution is -2.27. The number of rotatable bonds is 5. The molecular weight excluding hydrogens is 260 g/mol. The monoisotopic (exact) mass is 275 g/mol. The summed E-state index contributed by atoms with van der Waals surface area (Å²) in [5.41, 5.74) is 1.60. The average molecular weight is 275 g/mol. The Morgan fingerprint density at radius 1 is 0.950 bits per heavy atom. The van der Waals surface area contributed by atoms with Crippen LogP contribution < -0.4 is 5.32 Å². The van der Waals surface area contributed by atoms with Crippen molar-refractivity contribution in [1.29, 1.82) is 0 Å². The second-order valence-corrected chi connectivity index (χ2v) is 4.51. The van der Waals surface area contributed by atoms with Gasteiger partial charge in [-0.3, -0.25) is 4.79 Å². The molecule has 0 aliphatic rings. The minimum absolute atomic E-state index is 0.0845. The van der Waals surface area contributed by atoms with Gasteiger partial charge in [0.2, 0.25) is 5.91 Å². The highest BCUT2D eigenvalue weighted by molar-refractivity contribution is 5.78. The number of carbonyl (C=O) groups excluding carboxylic acids is 1. The van der Waals surface area contributed by atoms with Gasteiger partial charge in [-0.2, -0.15) is 0 Å². The topological polar surface area (TPSA) is 29.1 Å². The first-order valence-corrected chi connectivity index (χ1v) is 6.40. The van der Waals surface area contributed by atoms with Gasteiger partial charge in [0.25, 0.3) is 0 Å². The molecule has 0 saturated carbocycles. The van der Waals surface area contributed by atoms with E-state index in [9.17, 15) is 13.6 Å². The molecule has 0 aromatic heterocycles. The molecule has 0 heterocycles. The molecule has 0 radical (unpaired) electrons. The molecule has 0 bridgehead atoms. The average Bonchev–Trinajstić information content (AvgIpc) is 2.44. The van der Waals surface area contributed by atoms with E-state index in [-0.39, 0.29) is 5.91 Å². The van der Waals surface area contributed by atoms with Crippen molar-refractivity contribution in [2.45, 2.75) is 12.8 Å². The van der Waals surface area contributed by atoms with Crippen LogP contribution >= 0.6 is 0 Å². The van der Waals surface area contributed by atoms with Crippen molar-refractivity contribution in [2.24, 2.45) is 0 Å². The zero-order chi connectivity index (χ0) is 14.4. The number of hydrogen-bond acceptors (Lipinski definition) is 1. The summed E-state index contributed by atoms with van der Waals surface area (Å²) in [4.78, 5) is 11.7. The standard InChI is InChI=1S/C16H15F2NO/c17-14-7-6-13(10-15(14)18)8-9-19-16(20)11-12-4-2-1-3-5-12/h1-7,10H,8-9,11H2,(H,19,20). The summed E-state index contributed by atoms with van der Waals surface area (Å²) in [5, 5.41) is 2.76. The van der Waals surface area contributed by atoms with Crippen molar-refractivity contribution in [1.82, 2.24) is 5.32 Å². The van der Waals surface area contributed by atoms with Crippen LogP contribution in [0.1, 0.15) is 11.1 Å². The number of amides is 1. The third-order valence-corrected chi connectivity index (χ3v) is 2.93. The summed E-state index contributed by atoms with van der Waals surface area (Å²) in [6, 6.07) is 13.2. The van der Waals surface area contributed by atoms with E-state index in [1.54, 1.807) is 0 Å². The Morgan fingerprint density at radius 3 is 2.40 bits per heavy atom. The van der Waals surface area contributed by atoms with E-state index in [4.69, 9.17) is 0 Å². The van der Waals surface area contributed by atoms with Crippen LogP contribution in [0.25, 0.3) is 0 Å². The molecule has 2 rings (SSSR count). The van der Waals surface area contributed by atoms with Crippen molar-refractivity contribution >= 4 is 5.91 Å². The fourth-order valence-corrected chi connectivity index (χ4v) is 1.89. The third-order valence-electron chi connectivity index (χ3n) is 2.93. The fourth-order valence-electron chi connectivity index (χ4n) is 1.89. The van der Waals surface area contributed by atoms with E-state index in [0.29, 0.717) is 24.9 Å². The molecule has 0 saturated heterocycles. The van der Waals surface area contributed by atoms with Crippen LogP contribution in [0, 0.1) is 11.6 Å². The van der Waals surface area contributed by atoms with Crippen LogP contribution in [0.3, 0.4) is 0 Å². The number of halogens is 2. The smallest absolute Gasteiger partial charge is 0.224 e. The lowest BCUT2D eigenvalue weighted by atomic mass is 10.1. The lowest BCUT2D eigenvalue weighted by Gasteiger charge is -2.06. The summed E-state index contributed by atoms with van der Waals surface area (Å²) in [6.45, 7) is 0.400. The molecule has 1 N–H and O–H groups in total. The second-order valence-electron chi connectivity index (χ2n) is 4.51. The van der Waals surface area contributed by atoms with Gasteiger partial charge in [-0.05, 0) is 29.7 Å². The molecule has 104 valence electrons. The van der Waals surface area contributed by atoms with Gasteiger partial charge < -0.3 is 5.32 Å². The van der Waals surface area contributed by atoms with Crippen molar-refractivity contribution in [3.05, 3.63) is 71.3 Å². The van der Waals surface area contributed by atoms with Gasteiger partial charge in [-0.15, -0.1) is 0 Å². The molecule has 1 amide bonds. The van der Waals surface area contributed by atoms with Crippen LogP contribution in [0.4, 0.5) is 8.78 Å². The molecule has 20 heavy (non-hydrogen) atoms. The van der Waals surface area contributed by atoms with Gasteiger partial charge in [0.1, 0.15) is 0 Å². The predicted octanol–water partition coefficient (Wildman–Crippen LogP) is 2.87. The maximum Gasteiger partial charge on any atom is 0.224 e. The Bertz CT molecular complexity index is 584. The quantitative estimate of drug-likeness (QED) is 0.893. The van der Waals surface area contributed by atoms with Gasteiger partial charge in [0, 0.05) is 6.54 Å². The van der Waals surface area contributed by atoms with Gasteiger partial charge in [0.05, 0.1) is 6.42 Å². The Labute approximate surface area is 116 Å². The van der Waals surface area contributed by atoms with E-state index in [2.05, 4.69) is 5.32 Å². The summed E-state index contributed by atoms with van der Waals surface area (Å²) in [6.07, 6.45) is 0.788. The summed E-state index contributed by atoms with van der Waals surface area (Å²) >= 11 is 0. The highest BCUT2D eigenvalue weighted by atomic mass is 19.2. The first-order valence-electron chi connectivity index (χ1n) is 6.40. The van der Waals surface area contributed by atoms with Crippen molar-refractivity contribution in [3.8, 4) is 0 Å². The van der Waals surface area contributed by atoms with Crippen LogP contribution in [-0.2, 0) is 17.6 Å². The van der Waals surface area contributed by atoms with Gasteiger partial charge in [0.15, 0.2) is 11.6 Å².